The highest BCUT2D eigenvalue weighted by atomic mass is 32.1. The molecule has 0 radical (unpaired) electrons. The topological polar surface area (TPSA) is 54.0 Å². The van der Waals surface area contributed by atoms with E-state index in [-0.39, 0.29) is 11.9 Å². The van der Waals surface area contributed by atoms with E-state index in [2.05, 4.69) is 53.3 Å². The Kier molecular flexibility index (Phi) is 5.32. The Balaban J connectivity index is 1.41. The number of carbonyl (C=O) groups excluding carboxylic acids is 1. The lowest BCUT2D eigenvalue weighted by Crippen LogP contribution is -2.21. The molecule has 1 aliphatic heterocycles. The maximum atomic E-state index is 11.6. The zero-order valence-corrected chi connectivity index (χ0v) is 16.2. The molecule has 27 heavy (non-hydrogen) atoms. The zero-order chi connectivity index (χ0) is 18.6. The first-order valence-corrected chi connectivity index (χ1v) is 10.2. The van der Waals surface area contributed by atoms with E-state index in [0.29, 0.717) is 13.0 Å². The third kappa shape index (κ3) is 4.26. The van der Waals surface area contributed by atoms with Crippen molar-refractivity contribution in [2.24, 2.45) is 0 Å². The number of fused-ring (bicyclic) bond motifs is 1. The number of hydrogen-bond acceptors (Lipinski definition) is 4. The standard InChI is InChI=1S/C22H23N3OS/c1-15(18-8-7-16-9-10-21(26)24-12-19(16)11-18)23-13-20-14-27-22(25-20)17-5-3-2-4-6-17/h2-8,11,14-15,23H,9-10,12-13H2,1H3,(H,24,26). The van der Waals surface area contributed by atoms with Gasteiger partial charge in [0.2, 0.25) is 5.91 Å². The maximum absolute atomic E-state index is 11.6. The number of aromatic nitrogens is 1. The van der Waals surface area contributed by atoms with Gasteiger partial charge in [-0.2, -0.15) is 0 Å². The molecule has 2 heterocycles. The lowest BCUT2D eigenvalue weighted by molar-refractivity contribution is -0.121. The summed E-state index contributed by atoms with van der Waals surface area (Å²) in [4.78, 5) is 16.4. The minimum absolute atomic E-state index is 0.136. The van der Waals surface area contributed by atoms with Crippen LogP contribution in [0.1, 0.15) is 41.8 Å². The third-order valence-electron chi connectivity index (χ3n) is 4.99. The second-order valence-electron chi connectivity index (χ2n) is 6.92. The van der Waals surface area contributed by atoms with Gasteiger partial charge in [0, 0.05) is 36.5 Å². The minimum atomic E-state index is 0.136. The first-order valence-electron chi connectivity index (χ1n) is 9.30. The molecule has 0 fully saturated rings. The molecule has 0 bridgehead atoms. The second-order valence-corrected chi connectivity index (χ2v) is 7.78. The van der Waals surface area contributed by atoms with E-state index in [1.807, 2.05) is 18.2 Å². The fourth-order valence-corrected chi connectivity index (χ4v) is 4.16. The van der Waals surface area contributed by atoms with Crippen molar-refractivity contribution < 1.29 is 4.79 Å². The lowest BCUT2D eigenvalue weighted by atomic mass is 9.98. The summed E-state index contributed by atoms with van der Waals surface area (Å²) in [5, 5.41) is 9.72. The normalized spacial score (nSPS) is 14.9. The highest BCUT2D eigenvalue weighted by Crippen LogP contribution is 2.24. The van der Waals surface area contributed by atoms with Crippen LogP contribution < -0.4 is 10.6 Å². The zero-order valence-electron chi connectivity index (χ0n) is 15.4. The summed E-state index contributed by atoms with van der Waals surface area (Å²) in [7, 11) is 0. The van der Waals surface area contributed by atoms with Crippen LogP contribution in [-0.2, 0) is 24.3 Å². The molecule has 2 aromatic carbocycles. The average Bonchev–Trinajstić information content (AvgIpc) is 3.11. The number of hydrogen-bond donors (Lipinski definition) is 2. The van der Waals surface area contributed by atoms with Crippen molar-refractivity contribution in [2.45, 2.75) is 38.9 Å². The average molecular weight is 378 g/mol. The van der Waals surface area contributed by atoms with Crippen molar-refractivity contribution >= 4 is 17.2 Å². The van der Waals surface area contributed by atoms with E-state index in [4.69, 9.17) is 4.98 Å². The Morgan fingerprint density at radius 2 is 2.00 bits per heavy atom. The van der Waals surface area contributed by atoms with E-state index in [0.717, 1.165) is 29.2 Å². The van der Waals surface area contributed by atoms with Crippen LogP contribution in [0.25, 0.3) is 10.6 Å². The summed E-state index contributed by atoms with van der Waals surface area (Å²) in [5.74, 6) is 0.136. The summed E-state index contributed by atoms with van der Waals surface area (Å²) >= 11 is 1.68. The number of benzene rings is 2. The molecule has 138 valence electrons. The molecule has 3 aromatic rings. The summed E-state index contributed by atoms with van der Waals surface area (Å²) in [5.41, 5.74) is 5.97. The highest BCUT2D eigenvalue weighted by Gasteiger charge is 2.14. The number of aryl methyl sites for hydroxylation is 1. The van der Waals surface area contributed by atoms with Gasteiger partial charge >= 0.3 is 0 Å². The Bertz CT molecular complexity index is 936. The first kappa shape index (κ1) is 17.9. The first-order chi connectivity index (χ1) is 13.2. The fourth-order valence-electron chi connectivity index (χ4n) is 3.33. The predicted octanol–water partition coefficient (Wildman–Crippen LogP) is 4.22. The smallest absolute Gasteiger partial charge is 0.220 e. The van der Waals surface area contributed by atoms with Crippen molar-refractivity contribution in [3.63, 3.8) is 0 Å². The molecule has 5 heteroatoms. The summed E-state index contributed by atoms with van der Waals surface area (Å²) in [6.07, 6.45) is 1.40. The summed E-state index contributed by atoms with van der Waals surface area (Å²) < 4.78 is 0. The Morgan fingerprint density at radius 3 is 2.85 bits per heavy atom. The number of rotatable bonds is 5. The van der Waals surface area contributed by atoms with Crippen molar-refractivity contribution in [1.29, 1.82) is 0 Å². The molecule has 2 N–H and O–H groups in total. The molecule has 4 nitrogen and oxygen atoms in total. The number of amides is 1. The molecule has 1 aromatic heterocycles. The maximum Gasteiger partial charge on any atom is 0.220 e. The molecular formula is C22H23N3OS. The minimum Gasteiger partial charge on any atom is -0.352 e. The Hall–Kier alpha value is -2.50. The molecular weight excluding hydrogens is 354 g/mol. The molecule has 4 rings (SSSR count). The number of carbonyl (C=O) groups is 1. The molecule has 0 saturated carbocycles. The van der Waals surface area contributed by atoms with Crippen LogP contribution in [0.5, 0.6) is 0 Å². The van der Waals surface area contributed by atoms with Gasteiger partial charge in [-0.05, 0) is 30.0 Å². The van der Waals surface area contributed by atoms with Crippen LogP contribution in [0, 0.1) is 0 Å². The van der Waals surface area contributed by atoms with E-state index in [1.165, 1.54) is 16.7 Å². The van der Waals surface area contributed by atoms with Gasteiger partial charge in [0.05, 0.1) is 5.69 Å². The molecule has 1 aliphatic rings. The molecule has 1 amide bonds. The van der Waals surface area contributed by atoms with Crippen LogP contribution in [0.15, 0.2) is 53.9 Å². The SMILES string of the molecule is CC(NCc1csc(-c2ccccc2)n1)c1ccc2c(c1)CNC(=O)CC2. The van der Waals surface area contributed by atoms with Crippen molar-refractivity contribution in [3.8, 4) is 10.6 Å². The van der Waals surface area contributed by atoms with Gasteiger partial charge in [0.1, 0.15) is 5.01 Å². The van der Waals surface area contributed by atoms with E-state index in [1.54, 1.807) is 11.3 Å². The van der Waals surface area contributed by atoms with Gasteiger partial charge in [-0.1, -0.05) is 48.5 Å². The van der Waals surface area contributed by atoms with Crippen LogP contribution >= 0.6 is 11.3 Å². The molecule has 1 atom stereocenters. The van der Waals surface area contributed by atoms with Gasteiger partial charge in [0.15, 0.2) is 0 Å². The second kappa shape index (κ2) is 8.03. The number of nitrogens with zero attached hydrogens (tertiary/aromatic N) is 1. The van der Waals surface area contributed by atoms with E-state index < -0.39 is 0 Å². The molecule has 0 aliphatic carbocycles. The summed E-state index contributed by atoms with van der Waals surface area (Å²) in [6.45, 7) is 3.53. The van der Waals surface area contributed by atoms with Gasteiger partial charge < -0.3 is 10.6 Å². The van der Waals surface area contributed by atoms with Gasteiger partial charge in [-0.25, -0.2) is 4.98 Å². The van der Waals surface area contributed by atoms with Crippen LogP contribution in [-0.4, -0.2) is 10.9 Å². The van der Waals surface area contributed by atoms with Crippen molar-refractivity contribution in [3.05, 3.63) is 76.3 Å². The van der Waals surface area contributed by atoms with Gasteiger partial charge in [-0.3, -0.25) is 4.79 Å². The third-order valence-corrected chi connectivity index (χ3v) is 5.93. The summed E-state index contributed by atoms with van der Waals surface area (Å²) in [6, 6.07) is 17.1. The van der Waals surface area contributed by atoms with Crippen molar-refractivity contribution in [1.82, 2.24) is 15.6 Å². The van der Waals surface area contributed by atoms with E-state index >= 15 is 0 Å². The lowest BCUT2D eigenvalue weighted by Gasteiger charge is -2.16. The van der Waals surface area contributed by atoms with Crippen molar-refractivity contribution in [2.75, 3.05) is 0 Å². The van der Waals surface area contributed by atoms with Crippen LogP contribution in [0.3, 0.4) is 0 Å². The predicted molar refractivity (Wildman–Crippen MR) is 109 cm³/mol. The van der Waals surface area contributed by atoms with Crippen LogP contribution in [0.4, 0.5) is 0 Å². The molecule has 0 saturated heterocycles. The largest absolute Gasteiger partial charge is 0.352 e. The van der Waals surface area contributed by atoms with E-state index in [9.17, 15) is 4.79 Å². The molecule has 0 spiro atoms. The monoisotopic (exact) mass is 377 g/mol. The number of thiazole rings is 1. The van der Waals surface area contributed by atoms with Gasteiger partial charge in [-0.15, -0.1) is 11.3 Å². The quantitative estimate of drug-likeness (QED) is 0.700. The highest BCUT2D eigenvalue weighted by molar-refractivity contribution is 7.13. The van der Waals surface area contributed by atoms with Gasteiger partial charge in [0.25, 0.3) is 0 Å². The fraction of sp³-hybridized carbons (Fsp3) is 0.273. The molecule has 1 unspecified atom stereocenters. The Morgan fingerprint density at radius 1 is 1.15 bits per heavy atom. The van der Waals surface area contributed by atoms with Crippen LogP contribution in [0.2, 0.25) is 0 Å². The Labute approximate surface area is 163 Å². The number of nitrogens with one attached hydrogen (secondary N) is 2.